The molecule has 2 aromatic carbocycles. The first-order valence-corrected chi connectivity index (χ1v) is 5.99. The number of rotatable bonds is 5. The first kappa shape index (κ1) is 14.4. The van der Waals surface area contributed by atoms with Gasteiger partial charge in [0, 0.05) is 35.6 Å². The van der Waals surface area contributed by atoms with Crippen LogP contribution in [0.2, 0.25) is 0 Å². The van der Waals surface area contributed by atoms with Crippen LogP contribution in [-0.2, 0) is 0 Å². The molecular formula is C13H12N4O4. The zero-order valence-electron chi connectivity index (χ0n) is 10.9. The minimum atomic E-state index is -0.484. The molecule has 108 valence electrons. The minimum Gasteiger partial charge on any atom is -0.328 e. The van der Waals surface area contributed by atoms with Gasteiger partial charge < -0.3 is 10.6 Å². The number of benzene rings is 2. The Morgan fingerprint density at radius 1 is 0.810 bits per heavy atom. The third-order valence-corrected chi connectivity index (χ3v) is 2.93. The standard InChI is InChI=1S/C13H12N4O4/c14-9-15(10-1-5-12(6-2-10)16(18)19)11-3-7-13(8-4-11)17(20)21/h1-8H,9,14H2. The molecule has 0 spiro atoms. The van der Waals surface area contributed by atoms with Crippen LogP contribution in [0.25, 0.3) is 0 Å². The normalized spacial score (nSPS) is 10.1. The van der Waals surface area contributed by atoms with Crippen molar-refractivity contribution in [3.8, 4) is 0 Å². The molecular weight excluding hydrogens is 276 g/mol. The van der Waals surface area contributed by atoms with Crippen LogP contribution in [0, 0.1) is 20.2 Å². The van der Waals surface area contributed by atoms with E-state index in [0.29, 0.717) is 11.4 Å². The van der Waals surface area contributed by atoms with E-state index in [4.69, 9.17) is 5.73 Å². The summed E-state index contributed by atoms with van der Waals surface area (Å²) in [5.74, 6) is 0. The summed E-state index contributed by atoms with van der Waals surface area (Å²) in [5, 5.41) is 21.3. The van der Waals surface area contributed by atoms with Gasteiger partial charge in [-0.2, -0.15) is 0 Å². The summed E-state index contributed by atoms with van der Waals surface area (Å²) in [7, 11) is 0. The van der Waals surface area contributed by atoms with Gasteiger partial charge in [-0.25, -0.2) is 0 Å². The molecule has 8 nitrogen and oxygen atoms in total. The van der Waals surface area contributed by atoms with Crippen molar-refractivity contribution in [1.82, 2.24) is 0 Å². The number of nitro groups is 2. The Morgan fingerprint density at radius 2 is 1.14 bits per heavy atom. The predicted octanol–water partition coefficient (Wildman–Crippen LogP) is 2.56. The van der Waals surface area contributed by atoms with Gasteiger partial charge in [0.15, 0.2) is 0 Å². The van der Waals surface area contributed by atoms with E-state index in [9.17, 15) is 20.2 Å². The smallest absolute Gasteiger partial charge is 0.269 e. The summed E-state index contributed by atoms with van der Waals surface area (Å²) >= 11 is 0. The lowest BCUT2D eigenvalue weighted by Crippen LogP contribution is -2.24. The lowest BCUT2D eigenvalue weighted by Gasteiger charge is -2.22. The molecule has 0 unspecified atom stereocenters. The molecule has 8 heteroatoms. The van der Waals surface area contributed by atoms with Crippen LogP contribution in [0.3, 0.4) is 0 Å². The second kappa shape index (κ2) is 5.97. The minimum absolute atomic E-state index is 0.0144. The number of anilines is 2. The average Bonchev–Trinajstić information content (AvgIpc) is 2.49. The fourth-order valence-electron chi connectivity index (χ4n) is 1.87. The van der Waals surface area contributed by atoms with E-state index in [1.54, 1.807) is 29.2 Å². The van der Waals surface area contributed by atoms with Crippen molar-refractivity contribution in [3.63, 3.8) is 0 Å². The number of nitrogens with two attached hydrogens (primary N) is 1. The summed E-state index contributed by atoms with van der Waals surface area (Å²) in [6.45, 7) is 0.135. The number of non-ortho nitro benzene ring substituents is 2. The van der Waals surface area contributed by atoms with Crippen LogP contribution in [0.5, 0.6) is 0 Å². The molecule has 0 heterocycles. The number of hydrogen-bond acceptors (Lipinski definition) is 6. The molecule has 0 saturated carbocycles. The summed E-state index contributed by atoms with van der Waals surface area (Å²) in [4.78, 5) is 22.0. The topological polar surface area (TPSA) is 116 Å². The zero-order chi connectivity index (χ0) is 15.4. The predicted molar refractivity (Wildman–Crippen MR) is 77.4 cm³/mol. The van der Waals surface area contributed by atoms with Gasteiger partial charge in [-0.15, -0.1) is 0 Å². The fourth-order valence-corrected chi connectivity index (χ4v) is 1.87. The van der Waals surface area contributed by atoms with E-state index in [0.717, 1.165) is 0 Å². The maximum absolute atomic E-state index is 10.6. The van der Waals surface area contributed by atoms with Crippen molar-refractivity contribution in [2.75, 3.05) is 11.6 Å². The monoisotopic (exact) mass is 288 g/mol. The van der Waals surface area contributed by atoms with Crippen LogP contribution < -0.4 is 10.6 Å². The van der Waals surface area contributed by atoms with Crippen molar-refractivity contribution in [3.05, 3.63) is 68.8 Å². The van der Waals surface area contributed by atoms with Gasteiger partial charge in [-0.3, -0.25) is 20.2 Å². The van der Waals surface area contributed by atoms with Crippen LogP contribution in [-0.4, -0.2) is 16.5 Å². The van der Waals surface area contributed by atoms with Gasteiger partial charge in [-0.05, 0) is 24.3 Å². The largest absolute Gasteiger partial charge is 0.328 e. The molecule has 0 saturated heterocycles. The zero-order valence-corrected chi connectivity index (χ0v) is 10.9. The van der Waals surface area contributed by atoms with Gasteiger partial charge in [0.05, 0.1) is 16.5 Å². The van der Waals surface area contributed by atoms with Crippen molar-refractivity contribution in [1.29, 1.82) is 0 Å². The average molecular weight is 288 g/mol. The Kier molecular flexibility index (Phi) is 4.10. The Hall–Kier alpha value is -3.00. The SMILES string of the molecule is NCN(c1ccc([N+](=O)[O-])cc1)c1ccc([N+](=O)[O-])cc1. The third kappa shape index (κ3) is 3.12. The molecule has 0 aliphatic rings. The summed E-state index contributed by atoms with van der Waals surface area (Å²) in [6, 6.07) is 11.8. The van der Waals surface area contributed by atoms with Crippen molar-refractivity contribution in [2.45, 2.75) is 0 Å². The first-order chi connectivity index (χ1) is 10.0. The second-order valence-corrected chi connectivity index (χ2v) is 4.16. The molecule has 2 N–H and O–H groups in total. The number of nitrogens with zero attached hydrogens (tertiary/aromatic N) is 3. The van der Waals surface area contributed by atoms with Crippen LogP contribution in [0.4, 0.5) is 22.7 Å². The van der Waals surface area contributed by atoms with E-state index in [1.807, 2.05) is 0 Å². The quantitative estimate of drug-likeness (QED) is 0.513. The van der Waals surface area contributed by atoms with Crippen LogP contribution in [0.1, 0.15) is 0 Å². The highest BCUT2D eigenvalue weighted by atomic mass is 16.6. The first-order valence-electron chi connectivity index (χ1n) is 5.99. The Bertz CT molecular complexity index is 597. The molecule has 0 atom stereocenters. The Balaban J connectivity index is 2.30. The Labute approximate surface area is 119 Å². The number of hydrogen-bond donors (Lipinski definition) is 1. The molecule has 0 amide bonds. The summed E-state index contributed by atoms with van der Waals surface area (Å²) in [5.41, 5.74) is 6.99. The van der Waals surface area contributed by atoms with E-state index in [1.165, 1.54) is 24.3 Å². The molecule has 21 heavy (non-hydrogen) atoms. The molecule has 0 aliphatic heterocycles. The fraction of sp³-hybridized carbons (Fsp3) is 0.0769. The molecule has 0 aromatic heterocycles. The van der Waals surface area contributed by atoms with Gasteiger partial charge in [0.25, 0.3) is 11.4 Å². The highest BCUT2D eigenvalue weighted by Crippen LogP contribution is 2.27. The molecule has 0 fully saturated rings. The van der Waals surface area contributed by atoms with Crippen molar-refractivity contribution >= 4 is 22.7 Å². The lowest BCUT2D eigenvalue weighted by molar-refractivity contribution is -0.385. The summed E-state index contributed by atoms with van der Waals surface area (Å²) in [6.07, 6.45) is 0. The van der Waals surface area contributed by atoms with E-state index >= 15 is 0 Å². The lowest BCUT2D eigenvalue weighted by atomic mass is 10.2. The molecule has 2 rings (SSSR count). The molecule has 0 radical (unpaired) electrons. The van der Waals surface area contributed by atoms with Crippen LogP contribution >= 0.6 is 0 Å². The number of nitro benzene ring substituents is 2. The highest BCUT2D eigenvalue weighted by Gasteiger charge is 2.12. The second-order valence-electron chi connectivity index (χ2n) is 4.16. The van der Waals surface area contributed by atoms with Gasteiger partial charge >= 0.3 is 0 Å². The van der Waals surface area contributed by atoms with E-state index in [-0.39, 0.29) is 18.0 Å². The Morgan fingerprint density at radius 3 is 1.38 bits per heavy atom. The van der Waals surface area contributed by atoms with Gasteiger partial charge in [-0.1, -0.05) is 0 Å². The maximum Gasteiger partial charge on any atom is 0.269 e. The van der Waals surface area contributed by atoms with E-state index < -0.39 is 9.85 Å². The van der Waals surface area contributed by atoms with Gasteiger partial charge in [0.2, 0.25) is 0 Å². The van der Waals surface area contributed by atoms with Crippen molar-refractivity contribution in [2.24, 2.45) is 5.73 Å². The molecule has 2 aromatic rings. The molecule has 0 bridgehead atoms. The van der Waals surface area contributed by atoms with E-state index in [2.05, 4.69) is 0 Å². The van der Waals surface area contributed by atoms with Crippen LogP contribution in [0.15, 0.2) is 48.5 Å². The molecule has 0 aliphatic carbocycles. The van der Waals surface area contributed by atoms with Crippen molar-refractivity contribution < 1.29 is 9.85 Å². The maximum atomic E-state index is 10.6. The van der Waals surface area contributed by atoms with Gasteiger partial charge in [0.1, 0.15) is 0 Å². The highest BCUT2D eigenvalue weighted by molar-refractivity contribution is 5.65. The third-order valence-electron chi connectivity index (χ3n) is 2.93. The summed E-state index contributed by atoms with van der Waals surface area (Å²) < 4.78 is 0.